The first-order valence-electron chi connectivity index (χ1n) is 9.29. The molecule has 150 valence electrons. The van der Waals surface area contributed by atoms with Crippen LogP contribution in [0.1, 0.15) is 22.7 Å². The molecule has 4 nitrogen and oxygen atoms in total. The van der Waals surface area contributed by atoms with Gasteiger partial charge in [-0.1, -0.05) is 58.4 Å². The molecular weight excluding hydrogens is 449 g/mol. The molecule has 3 aromatic carbocycles. The number of rotatable bonds is 4. The van der Waals surface area contributed by atoms with Crippen molar-refractivity contribution in [2.45, 2.75) is 12.6 Å². The Balaban J connectivity index is 1.85. The minimum Gasteiger partial charge on any atom is -0.507 e. The lowest BCUT2D eigenvalue weighted by atomic mass is 9.95. The summed E-state index contributed by atoms with van der Waals surface area (Å²) in [6.45, 7) is 0.215. The molecule has 3 aromatic rings. The van der Waals surface area contributed by atoms with E-state index in [1.165, 1.54) is 29.2 Å². The smallest absolute Gasteiger partial charge is 0.295 e. The number of halogens is 2. The molecule has 1 N–H and O–H groups in total. The van der Waals surface area contributed by atoms with Crippen molar-refractivity contribution in [3.05, 3.63) is 111 Å². The van der Waals surface area contributed by atoms with Crippen molar-refractivity contribution in [3.63, 3.8) is 0 Å². The van der Waals surface area contributed by atoms with E-state index in [-0.39, 0.29) is 23.4 Å². The van der Waals surface area contributed by atoms with Gasteiger partial charge in [0.15, 0.2) is 0 Å². The topological polar surface area (TPSA) is 57.6 Å². The van der Waals surface area contributed by atoms with Crippen LogP contribution in [-0.2, 0) is 16.1 Å². The molecule has 0 saturated carbocycles. The number of hydrogen-bond donors (Lipinski definition) is 1. The predicted octanol–water partition coefficient (Wildman–Crippen LogP) is 5.21. The Hall–Kier alpha value is -3.25. The fourth-order valence-corrected chi connectivity index (χ4v) is 3.84. The number of likely N-dealkylation sites (tertiary alicyclic amines) is 1. The summed E-state index contributed by atoms with van der Waals surface area (Å²) in [6, 6.07) is 21.0. The molecule has 0 bridgehead atoms. The molecule has 4 rings (SSSR count). The van der Waals surface area contributed by atoms with Gasteiger partial charge in [0.05, 0.1) is 11.6 Å². The van der Waals surface area contributed by atoms with Crippen molar-refractivity contribution in [3.8, 4) is 0 Å². The van der Waals surface area contributed by atoms with Crippen LogP contribution in [0.2, 0.25) is 0 Å². The van der Waals surface area contributed by atoms with Crippen LogP contribution in [0.3, 0.4) is 0 Å². The lowest BCUT2D eigenvalue weighted by molar-refractivity contribution is -0.140. The Morgan fingerprint density at radius 2 is 1.57 bits per heavy atom. The number of benzene rings is 3. The first-order chi connectivity index (χ1) is 14.5. The highest BCUT2D eigenvalue weighted by Crippen LogP contribution is 2.40. The third-order valence-corrected chi connectivity index (χ3v) is 5.57. The van der Waals surface area contributed by atoms with E-state index in [1.54, 1.807) is 12.1 Å². The van der Waals surface area contributed by atoms with Gasteiger partial charge >= 0.3 is 0 Å². The summed E-state index contributed by atoms with van der Waals surface area (Å²) in [6.07, 6.45) is 0. The molecule has 1 aliphatic rings. The van der Waals surface area contributed by atoms with Crippen LogP contribution in [0.15, 0.2) is 88.9 Å². The SMILES string of the molecule is O=C1C(=O)N(Cc2ccccc2)C(c2ccc(Br)cc2)/C1=C(\O)c1ccc(F)cc1. The minimum absolute atomic E-state index is 0.00939. The lowest BCUT2D eigenvalue weighted by Gasteiger charge is -2.25. The third-order valence-electron chi connectivity index (χ3n) is 5.04. The third kappa shape index (κ3) is 3.78. The second kappa shape index (κ2) is 8.24. The zero-order chi connectivity index (χ0) is 21.3. The van der Waals surface area contributed by atoms with Crippen molar-refractivity contribution >= 4 is 33.4 Å². The van der Waals surface area contributed by atoms with Crippen molar-refractivity contribution < 1.29 is 19.1 Å². The van der Waals surface area contributed by atoms with Gasteiger partial charge in [-0.25, -0.2) is 4.39 Å². The summed E-state index contributed by atoms with van der Waals surface area (Å²) in [5, 5.41) is 10.9. The fourth-order valence-electron chi connectivity index (χ4n) is 3.58. The fraction of sp³-hybridized carbons (Fsp3) is 0.0833. The summed E-state index contributed by atoms with van der Waals surface area (Å²) in [5.74, 6) is -2.23. The van der Waals surface area contributed by atoms with Crippen molar-refractivity contribution in [2.24, 2.45) is 0 Å². The Bertz CT molecular complexity index is 1130. The highest BCUT2D eigenvalue weighted by atomic mass is 79.9. The zero-order valence-electron chi connectivity index (χ0n) is 15.8. The summed E-state index contributed by atoms with van der Waals surface area (Å²) >= 11 is 3.39. The van der Waals surface area contributed by atoms with E-state index >= 15 is 0 Å². The molecule has 30 heavy (non-hydrogen) atoms. The van der Waals surface area contributed by atoms with E-state index in [0.29, 0.717) is 5.56 Å². The average Bonchev–Trinajstić information content (AvgIpc) is 3.00. The predicted molar refractivity (Wildman–Crippen MR) is 115 cm³/mol. The van der Waals surface area contributed by atoms with Gasteiger partial charge in [0, 0.05) is 16.6 Å². The summed E-state index contributed by atoms with van der Waals surface area (Å²) < 4.78 is 14.2. The van der Waals surface area contributed by atoms with Gasteiger partial charge in [-0.3, -0.25) is 9.59 Å². The highest BCUT2D eigenvalue weighted by molar-refractivity contribution is 9.10. The minimum atomic E-state index is -0.763. The molecule has 1 heterocycles. The highest BCUT2D eigenvalue weighted by Gasteiger charge is 2.46. The molecule has 1 aliphatic heterocycles. The first kappa shape index (κ1) is 20.0. The van der Waals surface area contributed by atoms with Crippen molar-refractivity contribution in [2.75, 3.05) is 0 Å². The maximum absolute atomic E-state index is 13.3. The van der Waals surface area contributed by atoms with Crippen molar-refractivity contribution in [1.29, 1.82) is 0 Å². The molecule has 0 radical (unpaired) electrons. The lowest BCUT2D eigenvalue weighted by Crippen LogP contribution is -2.29. The van der Waals surface area contributed by atoms with E-state index < -0.39 is 23.5 Å². The standard InChI is InChI=1S/C24H17BrFNO3/c25-18-10-6-16(7-11-18)21-20(22(28)17-8-12-19(26)13-9-17)23(29)24(30)27(21)14-15-4-2-1-3-5-15/h1-13,21,28H,14H2/b22-20+. The Morgan fingerprint density at radius 1 is 0.933 bits per heavy atom. The second-order valence-corrected chi connectivity index (χ2v) is 7.89. The van der Waals surface area contributed by atoms with Gasteiger partial charge in [-0.05, 0) is 47.5 Å². The van der Waals surface area contributed by atoms with Crippen molar-refractivity contribution in [1.82, 2.24) is 4.90 Å². The quantitative estimate of drug-likeness (QED) is 0.326. The molecule has 0 aromatic heterocycles. The molecule has 1 fully saturated rings. The summed E-state index contributed by atoms with van der Waals surface area (Å²) in [4.78, 5) is 27.3. The molecule has 1 saturated heterocycles. The number of hydrogen-bond acceptors (Lipinski definition) is 3. The van der Waals surface area contributed by atoms with Gasteiger partial charge in [0.2, 0.25) is 0 Å². The number of carbonyl (C=O) groups excluding carboxylic acids is 2. The van der Waals surface area contributed by atoms with Crippen LogP contribution in [0.5, 0.6) is 0 Å². The maximum atomic E-state index is 13.3. The molecule has 0 spiro atoms. The van der Waals surface area contributed by atoms with Gasteiger partial charge in [-0.2, -0.15) is 0 Å². The molecule has 6 heteroatoms. The van der Waals surface area contributed by atoms with Crippen LogP contribution in [0, 0.1) is 5.82 Å². The van der Waals surface area contributed by atoms with Crippen LogP contribution >= 0.6 is 15.9 Å². The second-order valence-electron chi connectivity index (χ2n) is 6.97. The Morgan fingerprint density at radius 3 is 2.20 bits per heavy atom. The number of Topliss-reactive ketones (excluding diaryl/α,β-unsaturated/α-hetero) is 1. The number of nitrogens with zero attached hydrogens (tertiary/aromatic N) is 1. The number of carbonyl (C=O) groups is 2. The largest absolute Gasteiger partial charge is 0.507 e. The number of aliphatic hydroxyl groups excluding tert-OH is 1. The number of aliphatic hydroxyl groups is 1. The first-order valence-corrected chi connectivity index (χ1v) is 10.1. The maximum Gasteiger partial charge on any atom is 0.295 e. The monoisotopic (exact) mass is 465 g/mol. The molecule has 1 atom stereocenters. The van der Waals surface area contributed by atoms with E-state index in [9.17, 15) is 19.1 Å². The van der Waals surface area contributed by atoms with Gasteiger partial charge in [0.1, 0.15) is 11.6 Å². The zero-order valence-corrected chi connectivity index (χ0v) is 17.3. The normalized spacial score (nSPS) is 18.1. The summed E-state index contributed by atoms with van der Waals surface area (Å²) in [7, 11) is 0. The number of ketones is 1. The van der Waals surface area contributed by atoms with E-state index in [2.05, 4.69) is 15.9 Å². The van der Waals surface area contributed by atoms with E-state index in [4.69, 9.17) is 0 Å². The average molecular weight is 466 g/mol. The number of amides is 1. The Labute approximate surface area is 181 Å². The van der Waals surface area contributed by atoms with Gasteiger partial charge in [-0.15, -0.1) is 0 Å². The van der Waals surface area contributed by atoms with Crippen LogP contribution < -0.4 is 0 Å². The molecular formula is C24H17BrFNO3. The van der Waals surface area contributed by atoms with E-state index in [1.807, 2.05) is 42.5 Å². The molecule has 1 unspecified atom stereocenters. The molecule has 0 aliphatic carbocycles. The molecule has 1 amide bonds. The van der Waals surface area contributed by atoms with E-state index in [0.717, 1.165) is 10.0 Å². The van der Waals surface area contributed by atoms with Gasteiger partial charge in [0.25, 0.3) is 11.7 Å². The Kier molecular flexibility index (Phi) is 5.50. The van der Waals surface area contributed by atoms with Crippen LogP contribution in [0.4, 0.5) is 4.39 Å². The summed E-state index contributed by atoms with van der Waals surface area (Å²) in [5.41, 5.74) is 1.82. The van der Waals surface area contributed by atoms with Crippen LogP contribution in [-0.4, -0.2) is 21.7 Å². The van der Waals surface area contributed by atoms with Gasteiger partial charge < -0.3 is 10.0 Å². The van der Waals surface area contributed by atoms with Crippen LogP contribution in [0.25, 0.3) is 5.76 Å².